The van der Waals surface area contributed by atoms with Crippen LogP contribution in [-0.4, -0.2) is 20.6 Å². The summed E-state index contributed by atoms with van der Waals surface area (Å²) in [6.07, 6.45) is 0. The molecule has 0 fully saturated rings. The number of aromatic amines is 1. The Morgan fingerprint density at radius 2 is 1.67 bits per heavy atom. The molecule has 5 nitrogen and oxygen atoms in total. The minimum Gasteiger partial charge on any atom is -0.457 e. The molecule has 0 amide bonds. The number of nitrogens with zero attached hydrogens (tertiary/aromatic N) is 3. The number of ether oxygens (including phenoxy) is 1. The first-order valence-corrected chi connectivity index (χ1v) is 5.49. The lowest BCUT2D eigenvalue weighted by Crippen LogP contribution is -1.89. The van der Waals surface area contributed by atoms with E-state index < -0.39 is 0 Å². The molecule has 0 spiro atoms. The predicted octanol–water partition coefficient (Wildman–Crippen LogP) is 2.66. The van der Waals surface area contributed by atoms with Crippen molar-refractivity contribution in [3.63, 3.8) is 0 Å². The van der Waals surface area contributed by atoms with Gasteiger partial charge in [-0.15, -0.1) is 10.2 Å². The normalized spacial score (nSPS) is 10.2. The van der Waals surface area contributed by atoms with Crippen LogP contribution in [0, 0.1) is 0 Å². The highest BCUT2D eigenvalue weighted by atomic mass is 16.5. The molecule has 0 saturated carbocycles. The molecule has 0 bridgehead atoms. The molecule has 0 saturated heterocycles. The Hall–Kier alpha value is -2.69. The van der Waals surface area contributed by atoms with Crippen LogP contribution < -0.4 is 4.74 Å². The number of H-pyrrole nitrogens is 1. The van der Waals surface area contributed by atoms with Crippen molar-refractivity contribution in [1.29, 1.82) is 0 Å². The standard InChI is InChI=1S/C13H10N4O/c1-2-6-10(7-3-1)18-12-9-5-4-8-11(12)13-14-16-17-15-13/h1-9H,(H,14,15,16,17). The molecule has 5 heteroatoms. The fraction of sp³-hybridized carbons (Fsp3) is 0. The number of hydrogen-bond acceptors (Lipinski definition) is 4. The summed E-state index contributed by atoms with van der Waals surface area (Å²) < 4.78 is 5.81. The third-order valence-electron chi connectivity index (χ3n) is 2.44. The summed E-state index contributed by atoms with van der Waals surface area (Å²) in [5.74, 6) is 1.99. The first kappa shape index (κ1) is 10.5. The zero-order valence-electron chi connectivity index (χ0n) is 9.45. The number of aromatic nitrogens is 4. The van der Waals surface area contributed by atoms with E-state index in [-0.39, 0.29) is 0 Å². The molecule has 1 heterocycles. The summed E-state index contributed by atoms with van der Waals surface area (Å²) in [7, 11) is 0. The Kier molecular flexibility index (Phi) is 2.71. The van der Waals surface area contributed by atoms with Gasteiger partial charge in [0.2, 0.25) is 5.82 Å². The highest BCUT2D eigenvalue weighted by Gasteiger charge is 2.10. The first-order valence-electron chi connectivity index (χ1n) is 5.49. The van der Waals surface area contributed by atoms with Gasteiger partial charge in [-0.1, -0.05) is 30.3 Å². The van der Waals surface area contributed by atoms with Gasteiger partial charge in [0.15, 0.2) is 0 Å². The Labute approximate surface area is 103 Å². The molecule has 88 valence electrons. The third-order valence-corrected chi connectivity index (χ3v) is 2.44. The maximum Gasteiger partial charge on any atom is 0.208 e. The lowest BCUT2D eigenvalue weighted by Gasteiger charge is -2.08. The number of hydrogen-bond donors (Lipinski definition) is 1. The van der Waals surface area contributed by atoms with Crippen molar-refractivity contribution < 1.29 is 4.74 Å². The summed E-state index contributed by atoms with van der Waals surface area (Å²) in [6, 6.07) is 17.2. The van der Waals surface area contributed by atoms with E-state index in [1.54, 1.807) is 0 Å². The number of rotatable bonds is 3. The number of nitrogens with one attached hydrogen (secondary N) is 1. The Morgan fingerprint density at radius 1 is 0.889 bits per heavy atom. The SMILES string of the molecule is c1ccc(Oc2ccccc2-c2nn[nH]n2)cc1. The maximum atomic E-state index is 5.81. The van der Waals surface area contributed by atoms with Crippen LogP contribution in [0.3, 0.4) is 0 Å². The fourth-order valence-corrected chi connectivity index (χ4v) is 1.63. The van der Waals surface area contributed by atoms with Crippen LogP contribution in [-0.2, 0) is 0 Å². The van der Waals surface area contributed by atoms with Gasteiger partial charge in [-0.25, -0.2) is 0 Å². The molecule has 0 radical (unpaired) electrons. The van der Waals surface area contributed by atoms with Crippen molar-refractivity contribution >= 4 is 0 Å². The second kappa shape index (κ2) is 4.67. The average Bonchev–Trinajstić information content (AvgIpc) is 2.94. The van der Waals surface area contributed by atoms with Gasteiger partial charge in [0.25, 0.3) is 0 Å². The van der Waals surface area contributed by atoms with E-state index in [2.05, 4.69) is 20.6 Å². The maximum absolute atomic E-state index is 5.81. The van der Waals surface area contributed by atoms with E-state index in [1.807, 2.05) is 54.6 Å². The minimum atomic E-state index is 0.515. The smallest absolute Gasteiger partial charge is 0.208 e. The summed E-state index contributed by atoms with van der Waals surface area (Å²) in [4.78, 5) is 0. The molecule has 0 aliphatic heterocycles. The van der Waals surface area contributed by atoms with Gasteiger partial charge in [-0.3, -0.25) is 0 Å². The molecule has 0 aliphatic rings. The highest BCUT2D eigenvalue weighted by molar-refractivity contribution is 5.63. The average molecular weight is 238 g/mol. The summed E-state index contributed by atoms with van der Waals surface area (Å²) in [6.45, 7) is 0. The van der Waals surface area contributed by atoms with Gasteiger partial charge in [0.1, 0.15) is 11.5 Å². The highest BCUT2D eigenvalue weighted by Crippen LogP contribution is 2.30. The van der Waals surface area contributed by atoms with Crippen LogP contribution in [0.5, 0.6) is 11.5 Å². The van der Waals surface area contributed by atoms with Crippen molar-refractivity contribution in [2.75, 3.05) is 0 Å². The van der Waals surface area contributed by atoms with Gasteiger partial charge in [0.05, 0.1) is 5.56 Å². The molecule has 3 aromatic rings. The van der Waals surface area contributed by atoms with Gasteiger partial charge in [0, 0.05) is 0 Å². The van der Waals surface area contributed by atoms with E-state index in [4.69, 9.17) is 4.74 Å². The van der Waals surface area contributed by atoms with Crippen LogP contribution in [0.4, 0.5) is 0 Å². The fourth-order valence-electron chi connectivity index (χ4n) is 1.63. The molecule has 1 aromatic heterocycles. The van der Waals surface area contributed by atoms with E-state index in [0.29, 0.717) is 11.6 Å². The van der Waals surface area contributed by atoms with Crippen molar-refractivity contribution in [2.24, 2.45) is 0 Å². The predicted molar refractivity (Wildman–Crippen MR) is 66.1 cm³/mol. The van der Waals surface area contributed by atoms with Gasteiger partial charge >= 0.3 is 0 Å². The molecular weight excluding hydrogens is 228 g/mol. The summed E-state index contributed by atoms with van der Waals surface area (Å²) >= 11 is 0. The van der Waals surface area contributed by atoms with Crippen molar-refractivity contribution in [3.05, 3.63) is 54.6 Å². The van der Waals surface area contributed by atoms with Gasteiger partial charge in [-0.05, 0) is 29.5 Å². The molecule has 2 aromatic carbocycles. The van der Waals surface area contributed by atoms with E-state index >= 15 is 0 Å². The Balaban J connectivity index is 1.98. The molecule has 1 N–H and O–H groups in total. The first-order chi connectivity index (χ1) is 8.93. The molecule has 18 heavy (non-hydrogen) atoms. The van der Waals surface area contributed by atoms with Crippen LogP contribution in [0.1, 0.15) is 0 Å². The van der Waals surface area contributed by atoms with E-state index in [1.165, 1.54) is 0 Å². The molecule has 3 rings (SSSR count). The van der Waals surface area contributed by atoms with Gasteiger partial charge in [-0.2, -0.15) is 5.21 Å². The number of benzene rings is 2. The lowest BCUT2D eigenvalue weighted by molar-refractivity contribution is 0.484. The van der Waals surface area contributed by atoms with Crippen LogP contribution in [0.25, 0.3) is 11.4 Å². The number of para-hydroxylation sites is 2. The second-order valence-corrected chi connectivity index (χ2v) is 3.65. The summed E-state index contributed by atoms with van der Waals surface area (Å²) in [5.41, 5.74) is 0.801. The monoisotopic (exact) mass is 238 g/mol. The second-order valence-electron chi connectivity index (χ2n) is 3.65. The van der Waals surface area contributed by atoms with Crippen LogP contribution in [0.2, 0.25) is 0 Å². The Bertz CT molecular complexity index is 623. The van der Waals surface area contributed by atoms with E-state index in [9.17, 15) is 0 Å². The molecule has 0 atom stereocenters. The zero-order chi connectivity index (χ0) is 12.2. The summed E-state index contributed by atoms with van der Waals surface area (Å²) in [5, 5.41) is 13.9. The third kappa shape index (κ3) is 2.06. The van der Waals surface area contributed by atoms with Crippen molar-refractivity contribution in [2.45, 2.75) is 0 Å². The quantitative estimate of drug-likeness (QED) is 0.761. The van der Waals surface area contributed by atoms with Crippen LogP contribution >= 0.6 is 0 Å². The van der Waals surface area contributed by atoms with E-state index in [0.717, 1.165) is 11.3 Å². The molecule has 0 unspecified atom stereocenters. The minimum absolute atomic E-state index is 0.515. The van der Waals surface area contributed by atoms with Gasteiger partial charge < -0.3 is 4.74 Å². The van der Waals surface area contributed by atoms with Crippen molar-refractivity contribution in [3.8, 4) is 22.9 Å². The lowest BCUT2D eigenvalue weighted by atomic mass is 10.2. The molecular formula is C13H10N4O. The molecule has 0 aliphatic carbocycles. The Morgan fingerprint density at radius 3 is 2.44 bits per heavy atom. The van der Waals surface area contributed by atoms with Crippen molar-refractivity contribution in [1.82, 2.24) is 20.6 Å². The topological polar surface area (TPSA) is 63.7 Å². The number of tetrazole rings is 1. The van der Waals surface area contributed by atoms with Crippen LogP contribution in [0.15, 0.2) is 54.6 Å². The zero-order valence-corrected chi connectivity index (χ0v) is 9.45. The largest absolute Gasteiger partial charge is 0.457 e.